The lowest BCUT2D eigenvalue weighted by Crippen LogP contribution is -2.18. The van der Waals surface area contributed by atoms with E-state index in [1.54, 1.807) is 30.3 Å². The Morgan fingerprint density at radius 1 is 0.943 bits per heavy atom. The number of amides is 1. The van der Waals surface area contributed by atoms with Crippen LogP contribution in [0.2, 0.25) is 0 Å². The number of rotatable bonds is 7. The molecular weight excluding hydrogens is 450 g/mol. The smallest absolute Gasteiger partial charge is 0.343 e. The Morgan fingerprint density at radius 2 is 1.71 bits per heavy atom. The molecule has 0 saturated carbocycles. The lowest BCUT2D eigenvalue weighted by Gasteiger charge is -2.11. The molecular formula is C26H19N3O6. The van der Waals surface area contributed by atoms with Gasteiger partial charge in [0, 0.05) is 23.3 Å². The number of hydrazone groups is 1. The van der Waals surface area contributed by atoms with Gasteiger partial charge in [0.2, 0.25) is 0 Å². The molecule has 9 nitrogen and oxygen atoms in total. The topological polar surface area (TPSA) is 120 Å². The number of nitro groups is 1. The Hall–Kier alpha value is -5.05. The van der Waals surface area contributed by atoms with E-state index in [9.17, 15) is 19.7 Å². The van der Waals surface area contributed by atoms with Crippen molar-refractivity contribution in [2.75, 3.05) is 7.11 Å². The molecule has 4 aromatic carbocycles. The highest BCUT2D eigenvalue weighted by atomic mass is 16.6. The average Bonchev–Trinajstić information content (AvgIpc) is 2.89. The van der Waals surface area contributed by atoms with Crippen molar-refractivity contribution >= 4 is 34.6 Å². The summed E-state index contributed by atoms with van der Waals surface area (Å²) >= 11 is 0. The van der Waals surface area contributed by atoms with Gasteiger partial charge in [-0.05, 0) is 47.2 Å². The van der Waals surface area contributed by atoms with E-state index in [2.05, 4.69) is 10.5 Å². The van der Waals surface area contributed by atoms with Crippen LogP contribution in [0.1, 0.15) is 26.3 Å². The first-order valence-electron chi connectivity index (χ1n) is 10.4. The number of benzene rings is 4. The number of nitrogens with zero attached hydrogens (tertiary/aromatic N) is 2. The molecule has 1 amide bonds. The minimum Gasteiger partial charge on any atom is -0.497 e. The van der Waals surface area contributed by atoms with Crippen LogP contribution in [0.25, 0.3) is 10.8 Å². The van der Waals surface area contributed by atoms with Gasteiger partial charge in [0.25, 0.3) is 11.6 Å². The van der Waals surface area contributed by atoms with E-state index < -0.39 is 16.8 Å². The van der Waals surface area contributed by atoms with E-state index >= 15 is 0 Å². The zero-order valence-corrected chi connectivity index (χ0v) is 18.5. The summed E-state index contributed by atoms with van der Waals surface area (Å²) in [6, 6.07) is 22.7. The molecule has 0 spiro atoms. The van der Waals surface area contributed by atoms with Crippen LogP contribution in [0, 0.1) is 10.1 Å². The fourth-order valence-electron chi connectivity index (χ4n) is 3.36. The molecule has 0 unspecified atom stereocenters. The lowest BCUT2D eigenvalue weighted by atomic mass is 10.0. The normalized spacial score (nSPS) is 10.8. The number of non-ortho nitro benzene ring substituents is 1. The molecule has 4 aromatic rings. The SMILES string of the molecule is COc1ccc(C(=O)Oc2ccc3ccccc3c2/C=N\NC(=O)c2cccc([N+](=O)[O-])c2)cc1. The maximum Gasteiger partial charge on any atom is 0.343 e. The highest BCUT2D eigenvalue weighted by Gasteiger charge is 2.15. The molecule has 9 heteroatoms. The number of methoxy groups -OCH3 is 1. The molecule has 0 aliphatic rings. The zero-order chi connectivity index (χ0) is 24.8. The van der Waals surface area contributed by atoms with Crippen molar-refractivity contribution in [1.29, 1.82) is 0 Å². The van der Waals surface area contributed by atoms with Gasteiger partial charge in [0.15, 0.2) is 0 Å². The summed E-state index contributed by atoms with van der Waals surface area (Å²) in [7, 11) is 1.53. The third-order valence-electron chi connectivity index (χ3n) is 5.14. The highest BCUT2D eigenvalue weighted by molar-refractivity contribution is 6.04. The lowest BCUT2D eigenvalue weighted by molar-refractivity contribution is -0.384. The summed E-state index contributed by atoms with van der Waals surface area (Å²) in [5.41, 5.74) is 3.05. The van der Waals surface area contributed by atoms with E-state index in [4.69, 9.17) is 9.47 Å². The molecule has 174 valence electrons. The zero-order valence-electron chi connectivity index (χ0n) is 18.5. The van der Waals surface area contributed by atoms with Crippen molar-refractivity contribution in [1.82, 2.24) is 5.43 Å². The molecule has 0 heterocycles. The first-order chi connectivity index (χ1) is 17.0. The summed E-state index contributed by atoms with van der Waals surface area (Å²) in [4.78, 5) is 35.5. The van der Waals surface area contributed by atoms with Gasteiger partial charge in [-0.1, -0.05) is 36.4 Å². The molecule has 35 heavy (non-hydrogen) atoms. The molecule has 1 N–H and O–H groups in total. The molecule has 0 aliphatic heterocycles. The summed E-state index contributed by atoms with van der Waals surface area (Å²) in [6.45, 7) is 0. The minimum atomic E-state index is -0.623. The molecule has 0 fully saturated rings. The maximum atomic E-state index is 12.7. The van der Waals surface area contributed by atoms with Crippen LogP contribution in [0.5, 0.6) is 11.5 Å². The number of hydrogen-bond donors (Lipinski definition) is 1. The van der Waals surface area contributed by atoms with Gasteiger partial charge in [0.05, 0.1) is 23.8 Å². The Bertz CT molecular complexity index is 1450. The second-order valence-corrected chi connectivity index (χ2v) is 7.32. The fraction of sp³-hybridized carbons (Fsp3) is 0.0385. The van der Waals surface area contributed by atoms with E-state index in [1.807, 2.05) is 30.3 Å². The van der Waals surface area contributed by atoms with Gasteiger partial charge in [-0.25, -0.2) is 10.2 Å². The summed E-state index contributed by atoms with van der Waals surface area (Å²) in [5, 5.41) is 16.6. The molecule has 0 aliphatic carbocycles. The van der Waals surface area contributed by atoms with Crippen LogP contribution in [0.4, 0.5) is 5.69 Å². The molecule has 0 saturated heterocycles. The first-order valence-corrected chi connectivity index (χ1v) is 10.4. The van der Waals surface area contributed by atoms with Crippen molar-refractivity contribution in [3.8, 4) is 11.5 Å². The van der Waals surface area contributed by atoms with Gasteiger partial charge in [-0.2, -0.15) is 5.10 Å². The quantitative estimate of drug-likeness (QED) is 0.137. The second-order valence-electron chi connectivity index (χ2n) is 7.32. The maximum absolute atomic E-state index is 12.7. The predicted octanol–water partition coefficient (Wildman–Crippen LogP) is 4.74. The first kappa shape index (κ1) is 23.1. The van der Waals surface area contributed by atoms with Crippen LogP contribution in [-0.2, 0) is 0 Å². The third-order valence-corrected chi connectivity index (χ3v) is 5.14. The highest BCUT2D eigenvalue weighted by Crippen LogP contribution is 2.27. The van der Waals surface area contributed by atoms with Crippen molar-refractivity contribution in [3.63, 3.8) is 0 Å². The molecule has 0 bridgehead atoms. The molecule has 0 radical (unpaired) electrons. The van der Waals surface area contributed by atoms with Crippen molar-refractivity contribution in [2.24, 2.45) is 5.10 Å². The van der Waals surface area contributed by atoms with Crippen LogP contribution in [0.3, 0.4) is 0 Å². The number of ether oxygens (including phenoxy) is 2. The standard InChI is InChI=1S/C26H19N3O6/c1-34-21-12-9-18(10-13-21)26(31)35-24-14-11-17-5-2-3-8-22(17)23(24)16-27-28-25(30)19-6-4-7-20(15-19)29(32)33/h2-16H,1H3,(H,28,30)/b27-16-. The van der Waals surface area contributed by atoms with Crippen LogP contribution in [-0.4, -0.2) is 30.1 Å². The van der Waals surface area contributed by atoms with E-state index in [0.29, 0.717) is 16.9 Å². The molecule has 4 rings (SSSR count). The van der Waals surface area contributed by atoms with Crippen LogP contribution in [0.15, 0.2) is 90.0 Å². The number of nitrogens with one attached hydrogen (secondary N) is 1. The van der Waals surface area contributed by atoms with Gasteiger partial charge in [-0.15, -0.1) is 0 Å². The number of carbonyl (C=O) groups is 2. The number of nitro benzene ring substituents is 1. The minimum absolute atomic E-state index is 0.0837. The number of esters is 1. The predicted molar refractivity (Wildman–Crippen MR) is 130 cm³/mol. The second kappa shape index (κ2) is 10.3. The monoisotopic (exact) mass is 469 g/mol. The van der Waals surface area contributed by atoms with E-state index in [1.165, 1.54) is 31.5 Å². The Morgan fingerprint density at radius 3 is 2.46 bits per heavy atom. The van der Waals surface area contributed by atoms with Gasteiger partial charge in [-0.3, -0.25) is 14.9 Å². The summed E-state index contributed by atoms with van der Waals surface area (Å²) < 4.78 is 10.7. The largest absolute Gasteiger partial charge is 0.497 e. The van der Waals surface area contributed by atoms with Gasteiger partial charge in [0.1, 0.15) is 11.5 Å². The van der Waals surface area contributed by atoms with Crippen LogP contribution >= 0.6 is 0 Å². The number of fused-ring (bicyclic) bond motifs is 1. The molecule has 0 atom stereocenters. The number of hydrogen-bond acceptors (Lipinski definition) is 7. The summed E-state index contributed by atoms with van der Waals surface area (Å²) in [5.74, 6) is -0.336. The molecule has 0 aromatic heterocycles. The van der Waals surface area contributed by atoms with Gasteiger partial charge < -0.3 is 9.47 Å². The van der Waals surface area contributed by atoms with E-state index in [0.717, 1.165) is 16.8 Å². The average molecular weight is 469 g/mol. The number of carbonyl (C=O) groups excluding carboxylic acids is 2. The Balaban J connectivity index is 1.60. The third kappa shape index (κ3) is 5.31. The fourth-order valence-corrected chi connectivity index (χ4v) is 3.36. The Kier molecular flexibility index (Phi) is 6.78. The van der Waals surface area contributed by atoms with Gasteiger partial charge >= 0.3 is 5.97 Å². The van der Waals surface area contributed by atoms with Crippen molar-refractivity contribution in [2.45, 2.75) is 0 Å². The van der Waals surface area contributed by atoms with E-state index in [-0.39, 0.29) is 17.0 Å². The van der Waals surface area contributed by atoms with Crippen molar-refractivity contribution in [3.05, 3.63) is 112 Å². The van der Waals surface area contributed by atoms with Crippen LogP contribution < -0.4 is 14.9 Å². The summed E-state index contributed by atoms with van der Waals surface area (Å²) in [6.07, 6.45) is 1.37. The Labute approximate surface area is 199 Å². The van der Waals surface area contributed by atoms with Crippen molar-refractivity contribution < 1.29 is 24.0 Å².